The van der Waals surface area contributed by atoms with Gasteiger partial charge in [0.25, 0.3) is 5.91 Å². The molecule has 0 aliphatic rings. The van der Waals surface area contributed by atoms with Crippen molar-refractivity contribution in [3.05, 3.63) is 52.4 Å². The topological polar surface area (TPSA) is 80.6 Å². The van der Waals surface area contributed by atoms with Gasteiger partial charge in [0.15, 0.2) is 10.4 Å². The summed E-state index contributed by atoms with van der Waals surface area (Å²) in [5.74, 6) is -0.137. The van der Waals surface area contributed by atoms with Gasteiger partial charge < -0.3 is 19.8 Å². The molecular weight excluding hydrogens is 388 g/mol. The molecule has 2 aromatic rings. The highest BCUT2D eigenvalue weighted by Gasteiger charge is 2.10. The van der Waals surface area contributed by atoms with E-state index in [0.29, 0.717) is 36.5 Å². The van der Waals surface area contributed by atoms with Gasteiger partial charge in [0, 0.05) is 25.4 Å². The molecule has 0 radical (unpaired) electrons. The fourth-order valence-corrected chi connectivity index (χ4v) is 2.44. The van der Waals surface area contributed by atoms with Crippen LogP contribution < -0.4 is 10.6 Å². The van der Waals surface area contributed by atoms with Gasteiger partial charge in [0.05, 0.1) is 6.42 Å². The Bertz CT molecular complexity index is 697. The molecule has 2 amide bonds. The number of carbonyl (C=O) groups is 2. The van der Waals surface area contributed by atoms with Crippen molar-refractivity contribution in [3.63, 3.8) is 0 Å². The van der Waals surface area contributed by atoms with Crippen LogP contribution >= 0.6 is 15.9 Å². The number of halogens is 1. The fraction of sp³-hybridized carbons (Fsp3) is 0.333. The van der Waals surface area contributed by atoms with E-state index in [4.69, 9.17) is 9.15 Å². The summed E-state index contributed by atoms with van der Waals surface area (Å²) < 4.78 is 10.9. The lowest BCUT2D eigenvalue weighted by atomic mass is 10.1. The third-order valence-corrected chi connectivity index (χ3v) is 3.79. The number of nitrogens with one attached hydrogen (secondary N) is 2. The third-order valence-electron chi connectivity index (χ3n) is 3.37. The predicted octanol–water partition coefficient (Wildman–Crippen LogP) is 3.38. The first kappa shape index (κ1) is 19.2. The van der Waals surface area contributed by atoms with Crippen molar-refractivity contribution in [3.8, 4) is 0 Å². The summed E-state index contributed by atoms with van der Waals surface area (Å²) in [6.45, 7) is 3.88. The number of anilines is 1. The van der Waals surface area contributed by atoms with E-state index in [-0.39, 0.29) is 17.6 Å². The van der Waals surface area contributed by atoms with Gasteiger partial charge >= 0.3 is 0 Å². The average Bonchev–Trinajstić information content (AvgIpc) is 3.03. The number of carbonyl (C=O) groups excluding carboxylic acids is 2. The van der Waals surface area contributed by atoms with Gasteiger partial charge in [-0.1, -0.05) is 12.1 Å². The third kappa shape index (κ3) is 6.72. The van der Waals surface area contributed by atoms with Crippen molar-refractivity contribution in [2.75, 3.05) is 25.1 Å². The summed E-state index contributed by atoms with van der Waals surface area (Å²) in [7, 11) is 0. The molecule has 0 atom stereocenters. The van der Waals surface area contributed by atoms with Crippen LogP contribution in [-0.2, 0) is 16.0 Å². The number of amides is 2. The summed E-state index contributed by atoms with van der Waals surface area (Å²) >= 11 is 3.16. The molecule has 0 unspecified atom stereocenters. The monoisotopic (exact) mass is 408 g/mol. The van der Waals surface area contributed by atoms with Crippen molar-refractivity contribution in [2.24, 2.45) is 0 Å². The van der Waals surface area contributed by atoms with Crippen molar-refractivity contribution in [1.82, 2.24) is 5.32 Å². The Balaban J connectivity index is 1.77. The van der Waals surface area contributed by atoms with Crippen molar-refractivity contribution in [1.29, 1.82) is 0 Å². The highest BCUT2D eigenvalue weighted by Crippen LogP contribution is 2.16. The van der Waals surface area contributed by atoms with Crippen LogP contribution in [0.25, 0.3) is 0 Å². The molecule has 6 nitrogen and oxygen atoms in total. The van der Waals surface area contributed by atoms with Crippen molar-refractivity contribution < 1.29 is 18.7 Å². The van der Waals surface area contributed by atoms with Crippen LogP contribution in [0.4, 0.5) is 5.69 Å². The lowest BCUT2D eigenvalue weighted by molar-refractivity contribution is -0.120. The van der Waals surface area contributed by atoms with Gasteiger partial charge in [-0.3, -0.25) is 9.59 Å². The summed E-state index contributed by atoms with van der Waals surface area (Å²) in [5, 5.41) is 5.59. The Morgan fingerprint density at radius 3 is 2.56 bits per heavy atom. The molecule has 134 valence electrons. The average molecular weight is 409 g/mol. The van der Waals surface area contributed by atoms with Gasteiger partial charge in [-0.25, -0.2) is 0 Å². The molecule has 0 saturated heterocycles. The summed E-state index contributed by atoms with van der Waals surface area (Å²) in [5.41, 5.74) is 1.51. The summed E-state index contributed by atoms with van der Waals surface area (Å²) in [4.78, 5) is 23.8. The standard InChI is InChI=1S/C18H21BrN2O4/c1-2-24-11-3-10-20-17(22)12-13-4-6-14(7-5-13)21-18(23)15-8-9-16(19)25-15/h4-9H,2-3,10-12H2,1H3,(H,20,22)(H,21,23). The van der Waals surface area contributed by atoms with E-state index in [9.17, 15) is 9.59 Å². The molecule has 1 aromatic heterocycles. The van der Waals surface area contributed by atoms with Crippen LogP contribution in [0.15, 0.2) is 45.5 Å². The molecule has 1 aromatic carbocycles. The molecule has 2 N–H and O–H groups in total. The molecule has 25 heavy (non-hydrogen) atoms. The SMILES string of the molecule is CCOCCCNC(=O)Cc1ccc(NC(=O)c2ccc(Br)o2)cc1. The van der Waals surface area contributed by atoms with Crippen LogP contribution in [-0.4, -0.2) is 31.6 Å². The predicted molar refractivity (Wildman–Crippen MR) is 98.6 cm³/mol. The van der Waals surface area contributed by atoms with Crippen molar-refractivity contribution in [2.45, 2.75) is 19.8 Å². The Labute approximate surface area is 155 Å². The zero-order valence-corrected chi connectivity index (χ0v) is 15.6. The quantitative estimate of drug-likeness (QED) is 0.623. The first-order valence-electron chi connectivity index (χ1n) is 8.08. The minimum Gasteiger partial charge on any atom is -0.444 e. The number of hydrogen-bond acceptors (Lipinski definition) is 4. The summed E-state index contributed by atoms with van der Waals surface area (Å²) in [6, 6.07) is 10.4. The second-order valence-corrected chi connectivity index (χ2v) is 6.11. The summed E-state index contributed by atoms with van der Waals surface area (Å²) in [6.07, 6.45) is 1.10. The normalized spacial score (nSPS) is 10.5. The molecule has 0 spiro atoms. The van der Waals surface area contributed by atoms with E-state index in [0.717, 1.165) is 12.0 Å². The Morgan fingerprint density at radius 1 is 1.16 bits per heavy atom. The molecule has 7 heteroatoms. The first-order valence-corrected chi connectivity index (χ1v) is 8.88. The molecule has 0 bridgehead atoms. The molecule has 2 rings (SSSR count). The lowest BCUT2D eigenvalue weighted by Crippen LogP contribution is -2.26. The zero-order chi connectivity index (χ0) is 18.1. The number of benzene rings is 1. The minimum absolute atomic E-state index is 0.0336. The lowest BCUT2D eigenvalue weighted by Gasteiger charge is -2.07. The number of ether oxygens (including phenoxy) is 1. The van der Waals surface area contributed by atoms with Crippen LogP contribution in [0.5, 0.6) is 0 Å². The van der Waals surface area contributed by atoms with E-state index in [1.165, 1.54) is 0 Å². The molecular formula is C18H21BrN2O4. The molecule has 0 fully saturated rings. The molecule has 0 aliphatic heterocycles. The highest BCUT2D eigenvalue weighted by molar-refractivity contribution is 9.10. The van der Waals surface area contributed by atoms with E-state index in [2.05, 4.69) is 26.6 Å². The van der Waals surface area contributed by atoms with E-state index in [1.54, 1.807) is 24.3 Å². The smallest absolute Gasteiger partial charge is 0.291 e. The Hall–Kier alpha value is -2.12. The first-order chi connectivity index (χ1) is 12.1. The number of hydrogen-bond donors (Lipinski definition) is 2. The molecule has 0 saturated carbocycles. The largest absolute Gasteiger partial charge is 0.444 e. The fourth-order valence-electron chi connectivity index (χ4n) is 2.13. The maximum atomic E-state index is 12.0. The minimum atomic E-state index is -0.328. The second kappa shape index (κ2) is 10.0. The van der Waals surface area contributed by atoms with Gasteiger partial charge in [-0.15, -0.1) is 0 Å². The van der Waals surface area contributed by atoms with Crippen LogP contribution in [0, 0.1) is 0 Å². The van der Waals surface area contributed by atoms with E-state index in [1.807, 2.05) is 19.1 Å². The maximum absolute atomic E-state index is 12.0. The Morgan fingerprint density at radius 2 is 1.92 bits per heavy atom. The van der Waals surface area contributed by atoms with Crippen LogP contribution in [0.1, 0.15) is 29.5 Å². The van der Waals surface area contributed by atoms with E-state index >= 15 is 0 Å². The Kier molecular flexibility index (Phi) is 7.69. The second-order valence-electron chi connectivity index (χ2n) is 5.33. The van der Waals surface area contributed by atoms with Gasteiger partial charge in [0.1, 0.15) is 0 Å². The van der Waals surface area contributed by atoms with Gasteiger partial charge in [-0.2, -0.15) is 0 Å². The molecule has 0 aliphatic carbocycles. The van der Waals surface area contributed by atoms with Crippen LogP contribution in [0.2, 0.25) is 0 Å². The van der Waals surface area contributed by atoms with Gasteiger partial charge in [-0.05, 0) is 59.1 Å². The van der Waals surface area contributed by atoms with Crippen molar-refractivity contribution >= 4 is 33.4 Å². The number of rotatable bonds is 9. The number of furan rings is 1. The van der Waals surface area contributed by atoms with Gasteiger partial charge in [0.2, 0.25) is 5.91 Å². The maximum Gasteiger partial charge on any atom is 0.291 e. The highest BCUT2D eigenvalue weighted by atomic mass is 79.9. The molecule has 1 heterocycles. The van der Waals surface area contributed by atoms with E-state index < -0.39 is 0 Å². The zero-order valence-electron chi connectivity index (χ0n) is 14.0. The van der Waals surface area contributed by atoms with Crippen LogP contribution in [0.3, 0.4) is 0 Å².